The predicted octanol–water partition coefficient (Wildman–Crippen LogP) is -0.305. The Kier molecular flexibility index (Phi) is 4.04. The monoisotopic (exact) mass is 212 g/mol. The van der Waals surface area contributed by atoms with Crippen LogP contribution in [-0.4, -0.2) is 22.1 Å². The average molecular weight is 212 g/mol. The van der Waals surface area contributed by atoms with Gasteiger partial charge in [0.05, 0.1) is 0 Å². The molecule has 4 N–H and O–H groups in total. The van der Waals surface area contributed by atoms with Gasteiger partial charge < -0.3 is 9.84 Å². The molecule has 0 spiro atoms. The van der Waals surface area contributed by atoms with Crippen molar-refractivity contribution >= 4 is 5.96 Å². The Labute approximate surface area is 88.1 Å². The SMILES string of the molecule is Cc1nc(CN=C(NN)NC(C)C)no1. The number of nitrogens with two attached hydrogens (primary N) is 1. The highest BCUT2D eigenvalue weighted by molar-refractivity contribution is 5.79. The van der Waals surface area contributed by atoms with Crippen molar-refractivity contribution in [2.75, 3.05) is 0 Å². The second kappa shape index (κ2) is 5.30. The van der Waals surface area contributed by atoms with Crippen LogP contribution >= 0.6 is 0 Å². The Balaban J connectivity index is 2.54. The van der Waals surface area contributed by atoms with Gasteiger partial charge in [0.2, 0.25) is 11.9 Å². The minimum Gasteiger partial charge on any atom is -0.353 e. The first-order chi connectivity index (χ1) is 7.11. The van der Waals surface area contributed by atoms with Crippen molar-refractivity contribution < 1.29 is 4.52 Å². The second-order valence-corrected chi connectivity index (χ2v) is 3.34. The van der Waals surface area contributed by atoms with Crippen LogP contribution in [0.2, 0.25) is 0 Å². The molecule has 0 aliphatic heterocycles. The Morgan fingerprint density at radius 2 is 2.33 bits per heavy atom. The second-order valence-electron chi connectivity index (χ2n) is 3.34. The number of guanidine groups is 1. The zero-order valence-electron chi connectivity index (χ0n) is 9.11. The van der Waals surface area contributed by atoms with E-state index in [4.69, 9.17) is 10.4 Å². The molecule has 84 valence electrons. The summed E-state index contributed by atoms with van der Waals surface area (Å²) in [7, 11) is 0. The van der Waals surface area contributed by atoms with E-state index < -0.39 is 0 Å². The summed E-state index contributed by atoms with van der Waals surface area (Å²) in [6, 6.07) is 0.256. The largest absolute Gasteiger partial charge is 0.353 e. The number of nitrogens with one attached hydrogen (secondary N) is 2. The van der Waals surface area contributed by atoms with E-state index in [2.05, 4.69) is 25.9 Å². The van der Waals surface area contributed by atoms with Gasteiger partial charge in [-0.15, -0.1) is 0 Å². The summed E-state index contributed by atoms with van der Waals surface area (Å²) in [5.41, 5.74) is 2.46. The summed E-state index contributed by atoms with van der Waals surface area (Å²) in [6.07, 6.45) is 0. The molecule has 0 radical (unpaired) electrons. The zero-order chi connectivity index (χ0) is 11.3. The highest BCUT2D eigenvalue weighted by atomic mass is 16.5. The summed E-state index contributed by atoms with van der Waals surface area (Å²) >= 11 is 0. The first-order valence-electron chi connectivity index (χ1n) is 4.68. The maximum absolute atomic E-state index is 5.28. The van der Waals surface area contributed by atoms with Gasteiger partial charge in [0.1, 0.15) is 6.54 Å². The van der Waals surface area contributed by atoms with Crippen LogP contribution in [0.25, 0.3) is 0 Å². The molecule has 1 rings (SSSR count). The van der Waals surface area contributed by atoms with Crippen LogP contribution in [0.4, 0.5) is 0 Å². The van der Waals surface area contributed by atoms with E-state index in [1.165, 1.54) is 0 Å². The average Bonchev–Trinajstić information content (AvgIpc) is 2.58. The Hall–Kier alpha value is -1.63. The molecule has 0 saturated heterocycles. The van der Waals surface area contributed by atoms with E-state index in [0.717, 1.165) is 0 Å². The molecule has 0 amide bonds. The van der Waals surface area contributed by atoms with E-state index in [1.54, 1.807) is 6.92 Å². The summed E-state index contributed by atoms with van der Waals surface area (Å²) in [4.78, 5) is 8.17. The van der Waals surface area contributed by atoms with Crippen molar-refractivity contribution in [1.29, 1.82) is 0 Å². The Morgan fingerprint density at radius 3 is 2.80 bits per heavy atom. The third kappa shape index (κ3) is 3.94. The maximum atomic E-state index is 5.28. The van der Waals surface area contributed by atoms with Crippen molar-refractivity contribution in [3.05, 3.63) is 11.7 Å². The predicted molar refractivity (Wildman–Crippen MR) is 55.8 cm³/mol. The van der Waals surface area contributed by atoms with Crippen LogP contribution in [0, 0.1) is 6.92 Å². The van der Waals surface area contributed by atoms with Gasteiger partial charge in [-0.1, -0.05) is 5.16 Å². The van der Waals surface area contributed by atoms with Crippen molar-refractivity contribution in [2.45, 2.75) is 33.4 Å². The highest BCUT2D eigenvalue weighted by Crippen LogP contribution is 1.96. The van der Waals surface area contributed by atoms with Crippen molar-refractivity contribution in [1.82, 2.24) is 20.9 Å². The van der Waals surface area contributed by atoms with Gasteiger partial charge in [-0.3, -0.25) is 5.43 Å². The lowest BCUT2D eigenvalue weighted by Gasteiger charge is -2.11. The molecule has 15 heavy (non-hydrogen) atoms. The normalized spacial score (nSPS) is 11.9. The number of hydrogen-bond donors (Lipinski definition) is 3. The number of nitrogens with zero attached hydrogens (tertiary/aromatic N) is 3. The van der Waals surface area contributed by atoms with Crippen LogP contribution in [-0.2, 0) is 6.54 Å². The van der Waals surface area contributed by atoms with Gasteiger partial charge in [0.15, 0.2) is 5.82 Å². The van der Waals surface area contributed by atoms with E-state index in [9.17, 15) is 0 Å². The minimum absolute atomic E-state index is 0.256. The number of aliphatic imine (C=N–C) groups is 1. The molecule has 0 atom stereocenters. The molecule has 0 unspecified atom stereocenters. The molecule has 7 heteroatoms. The quantitative estimate of drug-likeness (QED) is 0.275. The van der Waals surface area contributed by atoms with Crippen LogP contribution in [0.1, 0.15) is 25.6 Å². The van der Waals surface area contributed by atoms with Crippen LogP contribution in [0.3, 0.4) is 0 Å². The van der Waals surface area contributed by atoms with Gasteiger partial charge in [-0.25, -0.2) is 10.8 Å². The molecule has 1 aromatic rings. The molecule has 0 aliphatic rings. The Bertz CT molecular complexity index is 332. The number of rotatable bonds is 3. The van der Waals surface area contributed by atoms with Crippen LogP contribution in [0.15, 0.2) is 9.52 Å². The highest BCUT2D eigenvalue weighted by Gasteiger charge is 2.02. The van der Waals surface area contributed by atoms with Gasteiger partial charge in [0, 0.05) is 13.0 Å². The summed E-state index contributed by atoms with van der Waals surface area (Å²) in [6.45, 7) is 6.04. The molecule has 1 heterocycles. The standard InChI is InChI=1S/C8H16N6O/c1-5(2)11-8(13-9)10-4-7-12-6(3)15-14-7/h5H,4,9H2,1-3H3,(H2,10,11,13). The fraction of sp³-hybridized carbons (Fsp3) is 0.625. The fourth-order valence-electron chi connectivity index (χ4n) is 0.962. The van der Waals surface area contributed by atoms with Gasteiger partial charge in [0.25, 0.3) is 0 Å². The van der Waals surface area contributed by atoms with E-state index in [0.29, 0.717) is 24.2 Å². The first-order valence-corrected chi connectivity index (χ1v) is 4.68. The fourth-order valence-corrected chi connectivity index (χ4v) is 0.962. The van der Waals surface area contributed by atoms with E-state index >= 15 is 0 Å². The molecule has 0 aromatic carbocycles. The van der Waals surface area contributed by atoms with Gasteiger partial charge in [-0.2, -0.15) is 4.98 Å². The van der Waals surface area contributed by atoms with Crippen molar-refractivity contribution in [3.8, 4) is 0 Å². The number of aryl methyl sites for hydroxylation is 1. The molecule has 0 saturated carbocycles. The van der Waals surface area contributed by atoms with Crippen molar-refractivity contribution in [3.63, 3.8) is 0 Å². The lowest BCUT2D eigenvalue weighted by Crippen LogP contribution is -2.44. The molecule has 0 bridgehead atoms. The molecule has 0 aliphatic carbocycles. The van der Waals surface area contributed by atoms with E-state index in [-0.39, 0.29) is 6.04 Å². The summed E-state index contributed by atoms with van der Waals surface area (Å²) in [5.74, 6) is 6.85. The summed E-state index contributed by atoms with van der Waals surface area (Å²) in [5, 5.41) is 6.75. The third-order valence-electron chi connectivity index (χ3n) is 1.51. The zero-order valence-corrected chi connectivity index (χ0v) is 9.11. The smallest absolute Gasteiger partial charge is 0.223 e. The molecule has 1 aromatic heterocycles. The topological polar surface area (TPSA) is 101 Å². The maximum Gasteiger partial charge on any atom is 0.223 e. The molecule has 7 nitrogen and oxygen atoms in total. The first kappa shape index (κ1) is 11.4. The third-order valence-corrected chi connectivity index (χ3v) is 1.51. The minimum atomic E-state index is 0.256. The lowest BCUT2D eigenvalue weighted by atomic mass is 10.4. The van der Waals surface area contributed by atoms with Gasteiger partial charge >= 0.3 is 0 Å². The van der Waals surface area contributed by atoms with Crippen LogP contribution in [0.5, 0.6) is 0 Å². The van der Waals surface area contributed by atoms with Crippen molar-refractivity contribution in [2.24, 2.45) is 10.8 Å². The Morgan fingerprint density at radius 1 is 1.60 bits per heavy atom. The van der Waals surface area contributed by atoms with Crippen LogP contribution < -0.4 is 16.6 Å². The van der Waals surface area contributed by atoms with E-state index in [1.807, 2.05) is 13.8 Å². The molecule has 0 fully saturated rings. The lowest BCUT2D eigenvalue weighted by molar-refractivity contribution is 0.387. The van der Waals surface area contributed by atoms with Gasteiger partial charge in [-0.05, 0) is 13.8 Å². The number of hydrogen-bond acceptors (Lipinski definition) is 5. The molecular formula is C8H16N6O. The number of hydrazine groups is 1. The number of aromatic nitrogens is 2. The summed E-state index contributed by atoms with van der Waals surface area (Å²) < 4.78 is 4.81. The molecular weight excluding hydrogens is 196 g/mol.